The Bertz CT molecular complexity index is 1020. The van der Waals surface area contributed by atoms with E-state index in [0.717, 1.165) is 15.9 Å². The van der Waals surface area contributed by atoms with Crippen LogP contribution in [-0.2, 0) is 11.8 Å². The molecule has 148 valence electrons. The van der Waals surface area contributed by atoms with E-state index in [1.807, 2.05) is 14.0 Å². The highest BCUT2D eigenvalue weighted by Gasteiger charge is 2.20. The Morgan fingerprint density at radius 2 is 2.00 bits per heavy atom. The first kappa shape index (κ1) is 20.0. The normalized spacial score (nSPS) is 13.4. The second-order valence-corrected chi connectivity index (χ2v) is 7.67. The minimum atomic E-state index is -1.00. The average Bonchev–Trinajstić information content (AvgIpc) is 3.18. The van der Waals surface area contributed by atoms with Crippen LogP contribution in [0, 0.1) is 12.7 Å². The Kier molecular flexibility index (Phi) is 5.48. The van der Waals surface area contributed by atoms with Crippen LogP contribution in [-0.4, -0.2) is 32.7 Å². The van der Waals surface area contributed by atoms with Crippen molar-refractivity contribution in [3.63, 3.8) is 0 Å². The van der Waals surface area contributed by atoms with Gasteiger partial charge < -0.3 is 15.7 Å². The zero-order chi connectivity index (χ0) is 20.6. The molecule has 0 radical (unpaired) electrons. The van der Waals surface area contributed by atoms with Crippen LogP contribution < -0.4 is 10.6 Å². The maximum absolute atomic E-state index is 13.7. The summed E-state index contributed by atoms with van der Waals surface area (Å²) in [7, 11) is 1.81. The Balaban J connectivity index is 1.68. The number of aliphatic hydroxyl groups excluding tert-OH is 1. The lowest BCUT2D eigenvalue weighted by atomic mass is 10.1. The van der Waals surface area contributed by atoms with Gasteiger partial charge in [0, 0.05) is 23.7 Å². The molecule has 1 aromatic carbocycles. The largest absolute Gasteiger partial charge is 0.389 e. The summed E-state index contributed by atoms with van der Waals surface area (Å²) in [4.78, 5) is 26.3. The molecule has 0 saturated heterocycles. The Morgan fingerprint density at radius 3 is 2.64 bits per heavy atom. The maximum Gasteiger partial charge on any atom is 0.262 e. The summed E-state index contributed by atoms with van der Waals surface area (Å²) in [5.74, 6) is -1.36. The van der Waals surface area contributed by atoms with E-state index in [2.05, 4.69) is 15.7 Å². The summed E-state index contributed by atoms with van der Waals surface area (Å²) in [5.41, 5.74) is 1.26. The number of aliphatic hydroxyl groups is 1. The van der Waals surface area contributed by atoms with Crippen molar-refractivity contribution >= 4 is 39.1 Å². The van der Waals surface area contributed by atoms with Crippen LogP contribution in [0.1, 0.15) is 40.9 Å². The smallest absolute Gasteiger partial charge is 0.262 e. The fourth-order valence-electron chi connectivity index (χ4n) is 2.84. The molecular formula is C19H21FN4O3S. The van der Waals surface area contributed by atoms with Crippen LogP contribution >= 0.6 is 11.3 Å². The molecule has 7 nitrogen and oxygen atoms in total. The van der Waals surface area contributed by atoms with Crippen molar-refractivity contribution in [3.8, 4) is 0 Å². The van der Waals surface area contributed by atoms with E-state index in [1.54, 1.807) is 17.7 Å². The molecule has 0 aliphatic rings. The van der Waals surface area contributed by atoms with Gasteiger partial charge in [0.05, 0.1) is 16.7 Å². The first-order valence-electron chi connectivity index (χ1n) is 8.69. The fraction of sp³-hybridized carbons (Fsp3) is 0.316. The molecule has 3 aromatic rings. The van der Waals surface area contributed by atoms with Gasteiger partial charge in [-0.1, -0.05) is 0 Å². The van der Waals surface area contributed by atoms with E-state index < -0.39 is 23.9 Å². The van der Waals surface area contributed by atoms with Crippen molar-refractivity contribution in [1.29, 1.82) is 0 Å². The first-order chi connectivity index (χ1) is 13.2. The van der Waals surface area contributed by atoms with E-state index in [4.69, 9.17) is 0 Å². The molecule has 2 unspecified atom stereocenters. The lowest BCUT2D eigenvalue weighted by Gasteiger charge is -2.15. The molecule has 2 atom stereocenters. The van der Waals surface area contributed by atoms with Gasteiger partial charge in [-0.15, -0.1) is 11.3 Å². The summed E-state index contributed by atoms with van der Waals surface area (Å²) in [5, 5.41) is 20.1. The summed E-state index contributed by atoms with van der Waals surface area (Å²) in [6.45, 7) is 4.87. The minimum absolute atomic E-state index is 0.0868. The van der Waals surface area contributed by atoms with Crippen LogP contribution in [0.5, 0.6) is 0 Å². The molecule has 0 aliphatic heterocycles. The third-order valence-electron chi connectivity index (χ3n) is 4.37. The predicted octanol–water partition coefficient (Wildman–Crippen LogP) is 2.89. The van der Waals surface area contributed by atoms with Gasteiger partial charge in [0.1, 0.15) is 16.7 Å². The number of hydrogen-bond acceptors (Lipinski definition) is 5. The number of hydrogen-bond donors (Lipinski definition) is 3. The Labute approximate surface area is 165 Å². The molecule has 0 bridgehead atoms. The summed E-state index contributed by atoms with van der Waals surface area (Å²) in [6.07, 6.45) is -1.00. The van der Waals surface area contributed by atoms with Gasteiger partial charge in [0.2, 0.25) is 5.91 Å². The molecule has 28 heavy (non-hydrogen) atoms. The number of halogens is 1. The lowest BCUT2D eigenvalue weighted by molar-refractivity contribution is -0.117. The Morgan fingerprint density at radius 1 is 1.29 bits per heavy atom. The number of amides is 2. The van der Waals surface area contributed by atoms with E-state index in [-0.39, 0.29) is 11.5 Å². The second kappa shape index (κ2) is 7.69. The van der Waals surface area contributed by atoms with Crippen LogP contribution in [0.4, 0.5) is 10.1 Å². The molecule has 0 fully saturated rings. The fourth-order valence-corrected chi connectivity index (χ4v) is 3.87. The van der Waals surface area contributed by atoms with Crippen LogP contribution in [0.3, 0.4) is 0 Å². The maximum atomic E-state index is 13.7. The number of benzene rings is 1. The van der Waals surface area contributed by atoms with Gasteiger partial charge in [-0.25, -0.2) is 4.39 Å². The summed E-state index contributed by atoms with van der Waals surface area (Å²) < 4.78 is 15.4. The highest BCUT2D eigenvalue weighted by molar-refractivity contribution is 7.20. The van der Waals surface area contributed by atoms with Crippen molar-refractivity contribution in [2.45, 2.75) is 32.9 Å². The molecule has 2 amide bonds. The number of fused-ring (bicyclic) bond motifs is 1. The molecule has 0 saturated carbocycles. The van der Waals surface area contributed by atoms with Crippen molar-refractivity contribution in [3.05, 3.63) is 46.2 Å². The molecule has 9 heteroatoms. The van der Waals surface area contributed by atoms with Crippen LogP contribution in [0.25, 0.3) is 10.2 Å². The standard InChI is InChI=1S/C19H21FN4O3S/c1-9-13-8-16(28-19(13)24(4)23-9)18(27)21-10(2)17(26)22-12-5-6-15(20)14(7-12)11(3)25/h5-8,10-11,25H,1-4H3,(H,21,27)(H,22,26). The van der Waals surface area contributed by atoms with Gasteiger partial charge in [-0.05, 0) is 45.0 Å². The number of rotatable bonds is 5. The number of nitrogens with one attached hydrogen (secondary N) is 2. The minimum Gasteiger partial charge on any atom is -0.389 e. The monoisotopic (exact) mass is 404 g/mol. The molecule has 0 aliphatic carbocycles. The number of aryl methyl sites for hydroxylation is 2. The summed E-state index contributed by atoms with van der Waals surface area (Å²) in [6, 6.07) is 4.90. The number of carbonyl (C=O) groups excluding carboxylic acids is 2. The van der Waals surface area contributed by atoms with Gasteiger partial charge in [0.15, 0.2) is 0 Å². The van der Waals surface area contributed by atoms with Crippen molar-refractivity contribution in [2.75, 3.05) is 5.32 Å². The predicted molar refractivity (Wildman–Crippen MR) is 106 cm³/mol. The third kappa shape index (κ3) is 3.90. The molecule has 3 N–H and O–H groups in total. The van der Waals surface area contributed by atoms with Crippen molar-refractivity contribution < 1.29 is 19.1 Å². The first-order valence-corrected chi connectivity index (χ1v) is 9.51. The van der Waals surface area contributed by atoms with E-state index in [0.29, 0.717) is 10.6 Å². The number of thiophene rings is 1. The van der Waals surface area contributed by atoms with Gasteiger partial charge in [-0.2, -0.15) is 5.10 Å². The number of anilines is 1. The van der Waals surface area contributed by atoms with Crippen LogP contribution in [0.2, 0.25) is 0 Å². The molecule has 2 heterocycles. The number of nitrogens with zero attached hydrogens (tertiary/aromatic N) is 2. The number of aromatic nitrogens is 2. The van der Waals surface area contributed by atoms with E-state index in [1.165, 1.54) is 36.5 Å². The highest BCUT2D eigenvalue weighted by atomic mass is 32.1. The zero-order valence-electron chi connectivity index (χ0n) is 15.9. The second-order valence-electron chi connectivity index (χ2n) is 6.64. The van der Waals surface area contributed by atoms with Crippen molar-refractivity contribution in [2.24, 2.45) is 7.05 Å². The van der Waals surface area contributed by atoms with Crippen LogP contribution in [0.15, 0.2) is 24.3 Å². The third-order valence-corrected chi connectivity index (χ3v) is 5.58. The van der Waals surface area contributed by atoms with E-state index in [9.17, 15) is 19.1 Å². The number of carbonyl (C=O) groups is 2. The molecule has 2 aromatic heterocycles. The molecule has 0 spiro atoms. The van der Waals surface area contributed by atoms with Crippen molar-refractivity contribution in [1.82, 2.24) is 15.1 Å². The van der Waals surface area contributed by atoms with E-state index >= 15 is 0 Å². The zero-order valence-corrected chi connectivity index (χ0v) is 16.7. The average molecular weight is 404 g/mol. The topological polar surface area (TPSA) is 96.2 Å². The Hall–Kier alpha value is -2.78. The molecule has 3 rings (SSSR count). The molecular weight excluding hydrogens is 383 g/mol. The van der Waals surface area contributed by atoms with Gasteiger partial charge >= 0.3 is 0 Å². The quantitative estimate of drug-likeness (QED) is 0.609. The highest BCUT2D eigenvalue weighted by Crippen LogP contribution is 2.27. The summed E-state index contributed by atoms with van der Waals surface area (Å²) >= 11 is 1.30. The SMILES string of the molecule is Cc1nn(C)c2sc(C(=O)NC(C)C(=O)Nc3ccc(F)c(C(C)O)c3)cc12. The lowest BCUT2D eigenvalue weighted by Crippen LogP contribution is -2.41. The van der Waals surface area contributed by atoms with Gasteiger partial charge in [0.25, 0.3) is 5.91 Å². The van der Waals surface area contributed by atoms with Gasteiger partial charge in [-0.3, -0.25) is 14.3 Å².